The van der Waals surface area contributed by atoms with Crippen molar-refractivity contribution in [2.45, 2.75) is 24.4 Å². The number of nitrogens with zero attached hydrogens (tertiary/aromatic N) is 2. The van der Waals surface area contributed by atoms with Crippen molar-refractivity contribution in [1.82, 2.24) is 15.2 Å². The first-order chi connectivity index (χ1) is 10.2. The number of amides is 1. The van der Waals surface area contributed by atoms with E-state index in [2.05, 4.69) is 4.98 Å². The second-order valence-electron chi connectivity index (χ2n) is 4.92. The largest absolute Gasteiger partial charge is 0.530 e. The quantitative estimate of drug-likeness (QED) is 0.775. The lowest BCUT2D eigenvalue weighted by Crippen LogP contribution is -2.48. The molecule has 2 N–H and O–H groups in total. The Hall–Kier alpha value is -1.58. The zero-order valence-corrected chi connectivity index (χ0v) is 11.8. The molecule has 0 spiro atoms. The van der Waals surface area contributed by atoms with Gasteiger partial charge in [0.1, 0.15) is 17.3 Å². The summed E-state index contributed by atoms with van der Waals surface area (Å²) in [5.74, 6) is 0. The fourth-order valence-electron chi connectivity index (χ4n) is 2.48. The number of rotatable bonds is 3. The number of aromatic nitrogens is 1. The first-order valence-corrected chi connectivity index (χ1v) is 6.64. The average Bonchev–Trinajstić information content (AvgIpc) is 2.70. The molecule has 122 valence electrons. The van der Waals surface area contributed by atoms with Crippen LogP contribution in [0.5, 0.6) is 0 Å². The van der Waals surface area contributed by atoms with E-state index in [-0.39, 0.29) is 23.8 Å². The van der Waals surface area contributed by atoms with Gasteiger partial charge in [0.25, 0.3) is 0 Å². The topological polar surface area (TPSA) is 88.5 Å². The summed E-state index contributed by atoms with van der Waals surface area (Å²) in [6, 6.07) is -0.631. The fraction of sp³-hybridized carbons (Fsp3) is 0.500. The number of nitrogens with one attached hydrogen (secondary N) is 1. The molecule has 2 heterocycles. The number of carbonyl (C=O) groups is 1. The van der Waals surface area contributed by atoms with Crippen LogP contribution in [0.2, 0.25) is 5.15 Å². The SMILES string of the molecule is O=C([O-])N[C@@H]1CN(C(c2ccc(Cl)nc2)C(F)(F)F)CC1O. The number of aliphatic hydroxyl groups excluding tert-OH is 1. The molecule has 6 nitrogen and oxygen atoms in total. The van der Waals surface area contributed by atoms with E-state index in [9.17, 15) is 28.2 Å². The minimum Gasteiger partial charge on any atom is -0.530 e. The zero-order valence-electron chi connectivity index (χ0n) is 11.0. The molecular formula is C12H12ClF3N3O3-. The number of carbonyl (C=O) groups excluding carboxylic acids is 1. The number of carboxylic acid groups (broad SMARTS) is 1. The normalized spacial score (nSPS) is 24.2. The Kier molecular flexibility index (Phi) is 4.78. The van der Waals surface area contributed by atoms with E-state index in [1.165, 1.54) is 12.1 Å². The third-order valence-corrected chi connectivity index (χ3v) is 3.59. The minimum atomic E-state index is -4.62. The van der Waals surface area contributed by atoms with Crippen LogP contribution >= 0.6 is 11.6 Å². The molecule has 1 aromatic rings. The van der Waals surface area contributed by atoms with Crippen LogP contribution in [0.4, 0.5) is 18.0 Å². The van der Waals surface area contributed by atoms with Gasteiger partial charge in [-0.05, 0) is 11.6 Å². The average molecular weight is 339 g/mol. The molecule has 10 heteroatoms. The van der Waals surface area contributed by atoms with Gasteiger partial charge in [0.05, 0.1) is 12.1 Å². The van der Waals surface area contributed by atoms with Gasteiger partial charge in [0, 0.05) is 19.3 Å². The number of hydrogen-bond donors (Lipinski definition) is 2. The smallest absolute Gasteiger partial charge is 0.408 e. The number of hydrogen-bond acceptors (Lipinski definition) is 5. The van der Waals surface area contributed by atoms with Gasteiger partial charge >= 0.3 is 6.18 Å². The summed E-state index contributed by atoms with van der Waals surface area (Å²) < 4.78 is 40.0. The maximum Gasteiger partial charge on any atom is 0.408 e. The molecule has 0 bridgehead atoms. The molecule has 2 unspecified atom stereocenters. The molecule has 0 saturated carbocycles. The summed E-state index contributed by atoms with van der Waals surface area (Å²) in [6.07, 6.45) is -6.52. The van der Waals surface area contributed by atoms with Gasteiger partial charge in [-0.15, -0.1) is 0 Å². The van der Waals surface area contributed by atoms with Gasteiger partial charge in [-0.3, -0.25) is 4.90 Å². The maximum atomic E-state index is 13.3. The Balaban J connectivity index is 2.24. The summed E-state index contributed by atoms with van der Waals surface area (Å²) in [4.78, 5) is 15.1. The first-order valence-electron chi connectivity index (χ1n) is 6.26. The van der Waals surface area contributed by atoms with E-state index in [4.69, 9.17) is 11.6 Å². The third kappa shape index (κ3) is 3.79. The molecule has 1 saturated heterocycles. The predicted octanol–water partition coefficient (Wildman–Crippen LogP) is 0.316. The van der Waals surface area contributed by atoms with Crippen molar-refractivity contribution in [3.63, 3.8) is 0 Å². The molecule has 0 aliphatic carbocycles. The van der Waals surface area contributed by atoms with Crippen molar-refractivity contribution >= 4 is 17.7 Å². The summed E-state index contributed by atoms with van der Waals surface area (Å²) >= 11 is 5.57. The highest BCUT2D eigenvalue weighted by Crippen LogP contribution is 2.39. The molecule has 1 aliphatic heterocycles. The number of likely N-dealkylation sites (tertiary alicyclic amines) is 1. The predicted molar refractivity (Wildman–Crippen MR) is 67.9 cm³/mol. The number of β-amino-alcohol motifs (C(OH)–C–C–N with tert-alkyl or cyclic N) is 1. The number of pyridine rings is 1. The van der Waals surface area contributed by atoms with Crippen LogP contribution in [0, 0.1) is 0 Å². The Labute approximate surface area is 128 Å². The van der Waals surface area contributed by atoms with E-state index in [1.54, 1.807) is 0 Å². The van der Waals surface area contributed by atoms with Gasteiger partial charge in [-0.25, -0.2) is 4.98 Å². The van der Waals surface area contributed by atoms with E-state index in [0.717, 1.165) is 11.1 Å². The number of aliphatic hydroxyl groups is 1. The Bertz CT molecular complexity index is 541. The van der Waals surface area contributed by atoms with Crippen molar-refractivity contribution in [1.29, 1.82) is 0 Å². The molecule has 1 aliphatic rings. The van der Waals surface area contributed by atoms with Crippen molar-refractivity contribution in [3.05, 3.63) is 29.0 Å². The molecule has 1 amide bonds. The Morgan fingerprint density at radius 2 is 2.18 bits per heavy atom. The minimum absolute atomic E-state index is 0.0580. The highest BCUT2D eigenvalue weighted by atomic mass is 35.5. The van der Waals surface area contributed by atoms with E-state index < -0.39 is 30.5 Å². The second-order valence-corrected chi connectivity index (χ2v) is 5.31. The lowest BCUT2D eigenvalue weighted by Gasteiger charge is -2.29. The highest BCUT2D eigenvalue weighted by molar-refractivity contribution is 6.29. The summed E-state index contributed by atoms with van der Waals surface area (Å²) in [7, 11) is 0. The summed E-state index contributed by atoms with van der Waals surface area (Å²) in [5.41, 5.74) is -0.141. The molecule has 3 atom stereocenters. The summed E-state index contributed by atoms with van der Waals surface area (Å²) in [6.45, 7) is -0.639. The molecule has 1 aromatic heterocycles. The van der Waals surface area contributed by atoms with Crippen LogP contribution in [0.1, 0.15) is 11.6 Å². The van der Waals surface area contributed by atoms with E-state index in [0.29, 0.717) is 0 Å². The van der Waals surface area contributed by atoms with Gasteiger partial charge < -0.3 is 20.3 Å². The van der Waals surface area contributed by atoms with Crippen LogP contribution in [0.25, 0.3) is 0 Å². The summed E-state index contributed by atoms with van der Waals surface area (Å²) in [5, 5.41) is 22.2. The Morgan fingerprint density at radius 3 is 2.68 bits per heavy atom. The lowest BCUT2D eigenvalue weighted by molar-refractivity contribution is -0.252. The molecule has 2 rings (SSSR count). The molecular weight excluding hydrogens is 327 g/mol. The molecule has 0 radical (unpaired) electrons. The van der Waals surface area contributed by atoms with Gasteiger partial charge in [-0.2, -0.15) is 13.2 Å². The van der Waals surface area contributed by atoms with Crippen molar-refractivity contribution in [3.8, 4) is 0 Å². The van der Waals surface area contributed by atoms with Crippen LogP contribution < -0.4 is 10.4 Å². The van der Waals surface area contributed by atoms with Gasteiger partial charge in [-0.1, -0.05) is 17.7 Å². The number of halogens is 4. The lowest BCUT2D eigenvalue weighted by atomic mass is 10.1. The standard InChI is InChI=1S/C12H13ClF3N3O3/c13-9-2-1-6(3-17-9)10(12(14,15)16)19-4-7(8(20)5-19)18-11(21)22/h1-3,7-8,10,18,20H,4-5H2,(H,21,22)/p-1/t7-,8?,10?/m1/s1. The molecule has 1 fully saturated rings. The third-order valence-electron chi connectivity index (χ3n) is 3.36. The second kappa shape index (κ2) is 6.27. The Morgan fingerprint density at radius 1 is 1.50 bits per heavy atom. The first kappa shape index (κ1) is 16.8. The monoisotopic (exact) mass is 338 g/mol. The highest BCUT2D eigenvalue weighted by Gasteiger charge is 2.48. The maximum absolute atomic E-state index is 13.3. The van der Waals surface area contributed by atoms with E-state index in [1.807, 2.05) is 5.32 Å². The number of alkyl halides is 3. The van der Waals surface area contributed by atoms with Gasteiger partial charge in [0.2, 0.25) is 0 Å². The van der Waals surface area contributed by atoms with E-state index >= 15 is 0 Å². The van der Waals surface area contributed by atoms with Crippen LogP contribution in [-0.2, 0) is 0 Å². The van der Waals surface area contributed by atoms with Gasteiger partial charge in [0.15, 0.2) is 0 Å². The van der Waals surface area contributed by atoms with Crippen molar-refractivity contribution in [2.24, 2.45) is 0 Å². The van der Waals surface area contributed by atoms with Crippen LogP contribution in [-0.4, -0.2) is 52.5 Å². The van der Waals surface area contributed by atoms with Crippen LogP contribution in [0.15, 0.2) is 18.3 Å². The van der Waals surface area contributed by atoms with Crippen LogP contribution in [0.3, 0.4) is 0 Å². The molecule has 0 aromatic carbocycles. The van der Waals surface area contributed by atoms with Crippen molar-refractivity contribution in [2.75, 3.05) is 13.1 Å². The fourth-order valence-corrected chi connectivity index (χ4v) is 2.59. The zero-order chi connectivity index (χ0) is 16.5. The molecule has 22 heavy (non-hydrogen) atoms. The van der Waals surface area contributed by atoms with Crippen molar-refractivity contribution < 1.29 is 28.2 Å².